The summed E-state index contributed by atoms with van der Waals surface area (Å²) in [6, 6.07) is 0. The fraction of sp³-hybridized carbons (Fsp3) is 0.667. The van der Waals surface area contributed by atoms with Gasteiger partial charge < -0.3 is 11.5 Å². The van der Waals surface area contributed by atoms with E-state index in [2.05, 4.69) is 5.73 Å². The van der Waals surface area contributed by atoms with E-state index in [0.717, 1.165) is 0 Å². The van der Waals surface area contributed by atoms with Crippen LogP contribution in [0.4, 0.5) is 0 Å². The fourth-order valence-corrected chi connectivity index (χ4v) is 0.142. The van der Waals surface area contributed by atoms with E-state index in [-0.39, 0.29) is 23.5 Å². The van der Waals surface area contributed by atoms with E-state index in [1.54, 1.807) is 0 Å². The molecule has 0 aliphatic carbocycles. The zero-order valence-electron chi connectivity index (χ0n) is 3.48. The van der Waals surface area contributed by atoms with Gasteiger partial charge in [-0.2, -0.15) is 0 Å². The maximum absolute atomic E-state index is 9.74. The number of carbonyl (C=O) groups excluding carboxylic acids is 1. The first kappa shape index (κ1) is 10.1. The predicted molar refractivity (Wildman–Crippen MR) is 34.2 cm³/mol. The molecule has 0 aromatic carbocycles. The van der Waals surface area contributed by atoms with Crippen molar-refractivity contribution >= 4 is 23.5 Å². The summed E-state index contributed by atoms with van der Waals surface area (Å²) in [5.74, 6) is -0.336. The molecular formula is C3H12GeN2O. The van der Waals surface area contributed by atoms with Gasteiger partial charge in [0, 0.05) is 13.0 Å². The Morgan fingerprint density at radius 2 is 2.00 bits per heavy atom. The summed E-state index contributed by atoms with van der Waals surface area (Å²) in [6.45, 7) is 0.356. The molecule has 0 saturated heterocycles. The Morgan fingerprint density at radius 3 is 2.00 bits per heavy atom. The van der Waals surface area contributed by atoms with E-state index in [0.29, 0.717) is 13.0 Å². The van der Waals surface area contributed by atoms with Crippen LogP contribution in [0.3, 0.4) is 0 Å². The third kappa shape index (κ3) is 10.7. The van der Waals surface area contributed by atoms with Crippen molar-refractivity contribution in [1.82, 2.24) is 0 Å². The summed E-state index contributed by atoms with van der Waals surface area (Å²) >= 11 is 0. The van der Waals surface area contributed by atoms with Crippen LogP contribution in [0.15, 0.2) is 0 Å². The number of nitrogens with two attached hydrogens (primary N) is 2. The van der Waals surface area contributed by atoms with Gasteiger partial charge in [-0.25, -0.2) is 0 Å². The quantitative estimate of drug-likeness (QED) is 0.439. The number of amides is 1. The molecule has 0 unspecified atom stereocenters. The van der Waals surface area contributed by atoms with Crippen LogP contribution in [-0.2, 0) is 4.79 Å². The van der Waals surface area contributed by atoms with Crippen LogP contribution in [0.25, 0.3) is 0 Å². The Kier molecular flexibility index (Phi) is 8.58. The standard InChI is InChI=1S/C3H8N2O.GeH4/c4-2-1-3(5)6;/h1-2,4H2,(H2,5,6);1H4. The van der Waals surface area contributed by atoms with Crippen molar-refractivity contribution in [1.29, 1.82) is 0 Å². The van der Waals surface area contributed by atoms with E-state index >= 15 is 0 Å². The second-order valence-corrected chi connectivity index (χ2v) is 1.00. The Morgan fingerprint density at radius 1 is 1.57 bits per heavy atom. The zero-order chi connectivity index (χ0) is 4.99. The van der Waals surface area contributed by atoms with Gasteiger partial charge in [0.05, 0.1) is 0 Å². The first-order chi connectivity index (χ1) is 2.77. The molecule has 3 nitrogen and oxygen atoms in total. The van der Waals surface area contributed by atoms with Crippen molar-refractivity contribution in [2.24, 2.45) is 11.5 Å². The molecule has 0 aliphatic rings. The monoisotopic (exact) mass is 166 g/mol. The van der Waals surface area contributed by atoms with Gasteiger partial charge in [-0.3, -0.25) is 4.79 Å². The Balaban J connectivity index is 0. The SMILES string of the molecule is NCCC(N)=O.[GeH4]. The second kappa shape index (κ2) is 5.97. The molecule has 0 atom stereocenters. The van der Waals surface area contributed by atoms with Gasteiger partial charge in [0.15, 0.2) is 0 Å². The van der Waals surface area contributed by atoms with Crippen LogP contribution in [0.5, 0.6) is 0 Å². The number of primary amides is 1. The molecule has 0 heterocycles. The van der Waals surface area contributed by atoms with Crippen LogP contribution in [-0.4, -0.2) is 30.0 Å². The molecule has 0 spiro atoms. The molecule has 7 heavy (non-hydrogen) atoms. The van der Waals surface area contributed by atoms with Crippen LogP contribution >= 0.6 is 0 Å². The van der Waals surface area contributed by atoms with E-state index < -0.39 is 0 Å². The summed E-state index contributed by atoms with van der Waals surface area (Å²) in [7, 11) is 0. The Hall–Kier alpha value is -0.0271. The predicted octanol–water partition coefficient (Wildman–Crippen LogP) is -2.63. The average Bonchev–Trinajstić information content (AvgIpc) is 1.35. The average molecular weight is 165 g/mol. The third-order valence-electron chi connectivity index (χ3n) is 0.391. The summed E-state index contributed by atoms with van der Waals surface area (Å²) in [5.41, 5.74) is 9.61. The molecule has 4 heteroatoms. The molecule has 0 saturated carbocycles. The third-order valence-corrected chi connectivity index (χ3v) is 0.391. The Labute approximate surface area is 53.4 Å². The van der Waals surface area contributed by atoms with Gasteiger partial charge in [-0.05, 0) is 0 Å². The summed E-state index contributed by atoms with van der Waals surface area (Å²) < 4.78 is 0. The number of hydrogen-bond acceptors (Lipinski definition) is 2. The molecular weight excluding hydrogens is 153 g/mol. The molecule has 0 aromatic heterocycles. The van der Waals surface area contributed by atoms with Crippen LogP contribution in [0.2, 0.25) is 0 Å². The fourth-order valence-electron chi connectivity index (χ4n) is 0.142. The van der Waals surface area contributed by atoms with E-state index in [1.165, 1.54) is 0 Å². The summed E-state index contributed by atoms with van der Waals surface area (Å²) in [6.07, 6.45) is 0.292. The van der Waals surface area contributed by atoms with E-state index in [9.17, 15) is 4.79 Å². The first-order valence-corrected chi connectivity index (χ1v) is 1.75. The molecule has 0 radical (unpaired) electrons. The van der Waals surface area contributed by atoms with Crippen molar-refractivity contribution < 1.29 is 4.79 Å². The van der Waals surface area contributed by atoms with Crippen molar-refractivity contribution in [2.45, 2.75) is 6.42 Å². The van der Waals surface area contributed by atoms with Crippen molar-refractivity contribution in [3.8, 4) is 0 Å². The van der Waals surface area contributed by atoms with E-state index in [4.69, 9.17) is 5.73 Å². The van der Waals surface area contributed by atoms with Gasteiger partial charge in [0.1, 0.15) is 0 Å². The maximum atomic E-state index is 9.74. The molecule has 0 fully saturated rings. The number of carbonyl (C=O) groups is 1. The summed E-state index contributed by atoms with van der Waals surface area (Å²) in [4.78, 5) is 9.74. The van der Waals surface area contributed by atoms with Crippen molar-refractivity contribution in [2.75, 3.05) is 6.54 Å². The molecule has 44 valence electrons. The van der Waals surface area contributed by atoms with Crippen molar-refractivity contribution in [3.63, 3.8) is 0 Å². The first-order valence-electron chi connectivity index (χ1n) is 1.75. The second-order valence-electron chi connectivity index (χ2n) is 1.00. The van der Waals surface area contributed by atoms with Gasteiger partial charge in [0.25, 0.3) is 0 Å². The minimum absolute atomic E-state index is 0. The van der Waals surface area contributed by atoms with Crippen molar-refractivity contribution in [3.05, 3.63) is 0 Å². The molecule has 0 bridgehead atoms. The number of rotatable bonds is 2. The Bertz CT molecular complexity index is 56.9. The van der Waals surface area contributed by atoms with Crippen LogP contribution in [0.1, 0.15) is 6.42 Å². The van der Waals surface area contributed by atoms with E-state index in [1.807, 2.05) is 0 Å². The normalized spacial score (nSPS) is 7.00. The summed E-state index contributed by atoms with van der Waals surface area (Å²) in [5, 5.41) is 0. The molecule has 4 N–H and O–H groups in total. The van der Waals surface area contributed by atoms with Crippen LogP contribution < -0.4 is 11.5 Å². The number of hydrogen-bond donors (Lipinski definition) is 2. The molecule has 0 rings (SSSR count). The molecule has 0 aliphatic heterocycles. The van der Waals surface area contributed by atoms with Gasteiger partial charge in [-0.15, -0.1) is 0 Å². The minimum atomic E-state index is -0.336. The molecule has 1 amide bonds. The molecule has 0 aromatic rings. The van der Waals surface area contributed by atoms with Gasteiger partial charge in [0.2, 0.25) is 5.91 Å². The van der Waals surface area contributed by atoms with Gasteiger partial charge in [-0.1, -0.05) is 0 Å². The van der Waals surface area contributed by atoms with Gasteiger partial charge >= 0.3 is 17.6 Å². The zero-order valence-corrected chi connectivity index (χ0v) is 3.48. The topological polar surface area (TPSA) is 69.1 Å². The van der Waals surface area contributed by atoms with Crippen LogP contribution in [0, 0.1) is 0 Å².